The lowest BCUT2D eigenvalue weighted by Crippen LogP contribution is -2.02. The first-order chi connectivity index (χ1) is 10.2. The second-order valence-corrected chi connectivity index (χ2v) is 6.52. The first-order valence-corrected chi connectivity index (χ1v) is 8.24. The Labute approximate surface area is 134 Å². The summed E-state index contributed by atoms with van der Waals surface area (Å²) < 4.78 is 7.47. The summed E-state index contributed by atoms with van der Waals surface area (Å²) in [5.41, 5.74) is 1.61. The Morgan fingerprint density at radius 2 is 2.33 bits per heavy atom. The van der Waals surface area contributed by atoms with Gasteiger partial charge in [-0.05, 0) is 41.0 Å². The van der Waals surface area contributed by atoms with Gasteiger partial charge >= 0.3 is 5.97 Å². The maximum Gasteiger partial charge on any atom is 0.337 e. The van der Waals surface area contributed by atoms with Crippen molar-refractivity contribution >= 4 is 33.7 Å². The van der Waals surface area contributed by atoms with Crippen molar-refractivity contribution in [3.8, 4) is 0 Å². The van der Waals surface area contributed by atoms with Crippen molar-refractivity contribution in [2.45, 2.75) is 29.8 Å². The lowest BCUT2D eigenvalue weighted by atomic mass is 10.1. The van der Waals surface area contributed by atoms with E-state index >= 15 is 0 Å². The average molecular weight is 369 g/mol. The maximum absolute atomic E-state index is 11.5. The largest absolute Gasteiger partial charge is 0.465 e. The quantitative estimate of drug-likeness (QED) is 0.596. The third-order valence-corrected chi connectivity index (χ3v) is 4.91. The Morgan fingerprint density at radius 3 is 3.00 bits per heavy atom. The summed E-state index contributed by atoms with van der Waals surface area (Å²) in [7, 11) is 1.37. The van der Waals surface area contributed by atoms with Crippen LogP contribution in [0.1, 0.15) is 34.8 Å². The van der Waals surface area contributed by atoms with Crippen molar-refractivity contribution in [3.63, 3.8) is 0 Å². The predicted molar refractivity (Wildman–Crippen MR) is 81.1 cm³/mol. The molecule has 2 aromatic rings. The van der Waals surface area contributed by atoms with Gasteiger partial charge in [-0.25, -0.2) is 9.48 Å². The van der Waals surface area contributed by atoms with Crippen LogP contribution in [0.25, 0.3) is 0 Å². The number of thioether (sulfide) groups is 1. The summed E-state index contributed by atoms with van der Waals surface area (Å²) in [5, 5.41) is 12.7. The number of rotatable bonds is 5. The highest BCUT2D eigenvalue weighted by atomic mass is 79.9. The number of carbonyl (C=O) groups is 1. The van der Waals surface area contributed by atoms with Gasteiger partial charge in [0.15, 0.2) is 0 Å². The van der Waals surface area contributed by atoms with Gasteiger partial charge in [0.25, 0.3) is 0 Å². The molecule has 1 aromatic heterocycles. The van der Waals surface area contributed by atoms with Gasteiger partial charge in [-0.15, -0.1) is 5.10 Å². The smallest absolute Gasteiger partial charge is 0.337 e. The van der Waals surface area contributed by atoms with Crippen molar-refractivity contribution in [3.05, 3.63) is 33.8 Å². The molecule has 110 valence electrons. The SMILES string of the molecule is COC(=O)c1ccc(CSc2nnnn2C2CC2)c(Br)c1. The molecular weight excluding hydrogens is 356 g/mol. The van der Waals surface area contributed by atoms with E-state index < -0.39 is 0 Å². The van der Waals surface area contributed by atoms with Gasteiger partial charge < -0.3 is 4.74 Å². The van der Waals surface area contributed by atoms with Crippen LogP contribution in [-0.4, -0.2) is 33.3 Å². The summed E-state index contributed by atoms with van der Waals surface area (Å²) in [5.74, 6) is 0.391. The van der Waals surface area contributed by atoms with E-state index in [-0.39, 0.29) is 5.97 Å². The Morgan fingerprint density at radius 1 is 1.52 bits per heavy atom. The number of methoxy groups -OCH3 is 1. The van der Waals surface area contributed by atoms with Gasteiger partial charge in [-0.1, -0.05) is 33.8 Å². The Balaban J connectivity index is 1.70. The molecule has 1 aliphatic carbocycles. The molecule has 0 aliphatic heterocycles. The molecule has 0 N–H and O–H groups in total. The number of hydrogen-bond donors (Lipinski definition) is 0. The van der Waals surface area contributed by atoms with Crippen molar-refractivity contribution in [1.29, 1.82) is 0 Å². The van der Waals surface area contributed by atoms with E-state index in [1.165, 1.54) is 7.11 Å². The molecular formula is C13H13BrN4O2S. The van der Waals surface area contributed by atoms with Crippen molar-refractivity contribution in [2.75, 3.05) is 7.11 Å². The van der Waals surface area contributed by atoms with Crippen LogP contribution >= 0.6 is 27.7 Å². The number of halogens is 1. The molecule has 21 heavy (non-hydrogen) atoms. The van der Waals surface area contributed by atoms with Crippen LogP contribution in [-0.2, 0) is 10.5 Å². The Kier molecular flexibility index (Phi) is 4.25. The summed E-state index contributed by atoms with van der Waals surface area (Å²) in [6.07, 6.45) is 2.30. The standard InChI is InChI=1S/C13H13BrN4O2S/c1-20-12(19)8-2-3-9(11(14)6-8)7-21-13-15-16-17-18(13)10-4-5-10/h2-3,6,10H,4-5,7H2,1H3. The van der Waals surface area contributed by atoms with E-state index in [9.17, 15) is 4.79 Å². The first-order valence-electron chi connectivity index (χ1n) is 6.46. The van der Waals surface area contributed by atoms with Crippen LogP contribution < -0.4 is 0 Å². The van der Waals surface area contributed by atoms with E-state index in [0.717, 1.165) is 33.8 Å². The van der Waals surface area contributed by atoms with Gasteiger partial charge in [-0.3, -0.25) is 0 Å². The monoisotopic (exact) mass is 368 g/mol. The molecule has 0 bridgehead atoms. The molecule has 0 saturated heterocycles. The summed E-state index contributed by atoms with van der Waals surface area (Å²) in [6, 6.07) is 5.91. The highest BCUT2D eigenvalue weighted by Crippen LogP contribution is 2.37. The van der Waals surface area contributed by atoms with Crippen molar-refractivity contribution in [2.24, 2.45) is 0 Å². The summed E-state index contributed by atoms with van der Waals surface area (Å²) in [6.45, 7) is 0. The van der Waals surface area contributed by atoms with E-state index in [4.69, 9.17) is 4.74 Å². The second-order valence-electron chi connectivity index (χ2n) is 4.72. The summed E-state index contributed by atoms with van der Waals surface area (Å²) >= 11 is 5.08. The fourth-order valence-corrected chi connectivity index (χ4v) is 3.53. The lowest BCUT2D eigenvalue weighted by Gasteiger charge is -2.06. The molecule has 1 aliphatic rings. The minimum atomic E-state index is -0.340. The van der Waals surface area contributed by atoms with E-state index in [1.807, 2.05) is 10.7 Å². The molecule has 0 atom stereocenters. The third kappa shape index (κ3) is 3.26. The van der Waals surface area contributed by atoms with E-state index in [1.54, 1.807) is 23.9 Å². The number of esters is 1. The molecule has 1 saturated carbocycles. The maximum atomic E-state index is 11.5. The van der Waals surface area contributed by atoms with Crippen LogP contribution in [0.2, 0.25) is 0 Å². The molecule has 1 aromatic carbocycles. The molecule has 3 rings (SSSR count). The molecule has 0 spiro atoms. The van der Waals surface area contributed by atoms with E-state index in [2.05, 4.69) is 31.5 Å². The molecule has 1 fully saturated rings. The zero-order chi connectivity index (χ0) is 14.8. The van der Waals surface area contributed by atoms with Gasteiger partial charge in [0.05, 0.1) is 18.7 Å². The number of tetrazole rings is 1. The zero-order valence-corrected chi connectivity index (χ0v) is 13.7. The third-order valence-electron chi connectivity index (χ3n) is 3.19. The minimum absolute atomic E-state index is 0.340. The van der Waals surface area contributed by atoms with Crippen LogP contribution in [0.4, 0.5) is 0 Å². The van der Waals surface area contributed by atoms with E-state index in [0.29, 0.717) is 11.6 Å². The molecule has 8 heteroatoms. The van der Waals surface area contributed by atoms with Crippen LogP contribution in [0.3, 0.4) is 0 Å². The normalized spacial score (nSPS) is 14.2. The minimum Gasteiger partial charge on any atom is -0.465 e. The molecule has 0 amide bonds. The van der Waals surface area contributed by atoms with Gasteiger partial charge in [0.1, 0.15) is 0 Å². The second kappa shape index (κ2) is 6.15. The highest BCUT2D eigenvalue weighted by molar-refractivity contribution is 9.10. The first kappa shape index (κ1) is 14.5. The topological polar surface area (TPSA) is 69.9 Å². The fraction of sp³-hybridized carbons (Fsp3) is 0.385. The van der Waals surface area contributed by atoms with Gasteiger partial charge in [0, 0.05) is 10.2 Å². The van der Waals surface area contributed by atoms with Crippen LogP contribution in [0.5, 0.6) is 0 Å². The molecule has 1 heterocycles. The Hall–Kier alpha value is -1.41. The van der Waals surface area contributed by atoms with Gasteiger partial charge in [0.2, 0.25) is 5.16 Å². The zero-order valence-electron chi connectivity index (χ0n) is 11.3. The highest BCUT2D eigenvalue weighted by Gasteiger charge is 2.27. The number of benzene rings is 1. The number of carbonyl (C=O) groups excluding carboxylic acids is 1. The molecule has 0 radical (unpaired) electrons. The van der Waals surface area contributed by atoms with Crippen LogP contribution in [0.15, 0.2) is 27.8 Å². The van der Waals surface area contributed by atoms with Gasteiger partial charge in [-0.2, -0.15) is 0 Å². The van der Waals surface area contributed by atoms with Crippen LogP contribution in [0, 0.1) is 0 Å². The summed E-state index contributed by atoms with van der Waals surface area (Å²) in [4.78, 5) is 11.5. The number of aromatic nitrogens is 4. The van der Waals surface area contributed by atoms with Crippen molar-refractivity contribution in [1.82, 2.24) is 20.2 Å². The lowest BCUT2D eigenvalue weighted by molar-refractivity contribution is 0.0600. The van der Waals surface area contributed by atoms with Crippen molar-refractivity contribution < 1.29 is 9.53 Å². The number of hydrogen-bond acceptors (Lipinski definition) is 6. The number of nitrogens with zero attached hydrogens (tertiary/aromatic N) is 4. The predicted octanol–water partition coefficient (Wildman–Crippen LogP) is 2.85. The number of ether oxygens (including phenoxy) is 1. The Bertz CT molecular complexity index is 672. The average Bonchev–Trinajstić information content (AvgIpc) is 3.24. The molecule has 6 nitrogen and oxygen atoms in total. The fourth-order valence-electron chi connectivity index (χ4n) is 1.88. The molecule has 0 unspecified atom stereocenters.